The maximum atomic E-state index is 5.80. The Morgan fingerprint density at radius 3 is 2.58 bits per heavy atom. The van der Waals surface area contributed by atoms with Crippen molar-refractivity contribution in [2.24, 2.45) is 5.92 Å². The molecule has 3 heterocycles. The Kier molecular flexibility index (Phi) is 5.68. The summed E-state index contributed by atoms with van der Waals surface area (Å²) >= 11 is 0. The molecule has 24 heavy (non-hydrogen) atoms. The summed E-state index contributed by atoms with van der Waals surface area (Å²) in [5.41, 5.74) is 0. The lowest BCUT2D eigenvalue weighted by molar-refractivity contribution is 0.0482. The van der Waals surface area contributed by atoms with Crippen LogP contribution in [0.4, 0.5) is 0 Å². The largest absolute Gasteiger partial charge is 0.465 e. The molecule has 3 rings (SSSR count). The first-order valence-electron chi connectivity index (χ1n) is 8.89. The number of rotatable bonds is 7. The van der Waals surface area contributed by atoms with Gasteiger partial charge < -0.3 is 13.7 Å². The highest BCUT2D eigenvalue weighted by atomic mass is 16.5. The minimum Gasteiger partial charge on any atom is -0.465 e. The van der Waals surface area contributed by atoms with E-state index in [4.69, 9.17) is 13.7 Å². The van der Waals surface area contributed by atoms with Gasteiger partial charge in [-0.25, -0.2) is 0 Å². The van der Waals surface area contributed by atoms with Crippen molar-refractivity contribution in [1.82, 2.24) is 15.5 Å². The summed E-state index contributed by atoms with van der Waals surface area (Å²) in [5, 5.41) is 7.69. The van der Waals surface area contributed by atoms with Gasteiger partial charge in [-0.05, 0) is 30.9 Å². The van der Waals surface area contributed by atoms with E-state index in [1.54, 1.807) is 0 Å². The summed E-state index contributed by atoms with van der Waals surface area (Å²) in [6.07, 6.45) is 2.90. The van der Waals surface area contributed by atoms with Crippen LogP contribution in [0.5, 0.6) is 0 Å². The summed E-state index contributed by atoms with van der Waals surface area (Å²) in [6, 6.07) is 4.09. The standard InChI is InChI=1S/C18H27N3O3/c1-4-14-5-6-15(23-14)11-19-16(13-7-9-22-10-8-13)18-20-17(12(2)3)21-24-18/h5-6,12-13,16,19H,4,7-11H2,1-3H3/t16-/m0/s1. The van der Waals surface area contributed by atoms with Crippen LogP contribution in [0.25, 0.3) is 0 Å². The van der Waals surface area contributed by atoms with Crippen molar-refractivity contribution in [3.63, 3.8) is 0 Å². The number of aryl methyl sites for hydroxylation is 1. The fourth-order valence-corrected chi connectivity index (χ4v) is 3.03. The van der Waals surface area contributed by atoms with Crippen LogP contribution in [0, 0.1) is 5.92 Å². The number of nitrogens with zero attached hydrogens (tertiary/aromatic N) is 2. The molecule has 1 atom stereocenters. The van der Waals surface area contributed by atoms with Crippen molar-refractivity contribution < 1.29 is 13.7 Å². The molecule has 0 radical (unpaired) electrons. The third kappa shape index (κ3) is 4.05. The Balaban J connectivity index is 1.73. The molecule has 1 saturated heterocycles. The average Bonchev–Trinajstić information content (AvgIpc) is 3.25. The zero-order valence-electron chi connectivity index (χ0n) is 14.7. The van der Waals surface area contributed by atoms with Crippen LogP contribution in [-0.4, -0.2) is 23.4 Å². The number of aromatic nitrogens is 2. The molecule has 1 aliphatic heterocycles. The highest BCUT2D eigenvalue weighted by molar-refractivity contribution is 5.07. The molecule has 2 aromatic heterocycles. The molecule has 1 aliphatic rings. The smallest absolute Gasteiger partial charge is 0.244 e. The first kappa shape index (κ1) is 17.2. The molecular weight excluding hydrogens is 306 g/mol. The van der Waals surface area contributed by atoms with Gasteiger partial charge >= 0.3 is 0 Å². The summed E-state index contributed by atoms with van der Waals surface area (Å²) in [6.45, 7) is 8.46. The van der Waals surface area contributed by atoms with E-state index in [9.17, 15) is 0 Å². The second-order valence-corrected chi connectivity index (χ2v) is 6.68. The molecule has 0 bridgehead atoms. The summed E-state index contributed by atoms with van der Waals surface area (Å²) in [5.74, 6) is 4.07. The van der Waals surface area contributed by atoms with Gasteiger partial charge in [-0.15, -0.1) is 0 Å². The van der Waals surface area contributed by atoms with Crippen molar-refractivity contribution >= 4 is 0 Å². The number of furan rings is 1. The Labute approximate surface area is 143 Å². The quantitative estimate of drug-likeness (QED) is 0.834. The SMILES string of the molecule is CCc1ccc(CN[C@H](c2nc(C(C)C)no2)C2CCOCC2)o1. The van der Waals surface area contributed by atoms with E-state index >= 15 is 0 Å². The highest BCUT2D eigenvalue weighted by Crippen LogP contribution is 2.30. The summed E-state index contributed by atoms with van der Waals surface area (Å²) < 4.78 is 16.9. The van der Waals surface area contributed by atoms with Crippen LogP contribution in [0.15, 0.2) is 21.1 Å². The number of hydrogen-bond acceptors (Lipinski definition) is 6. The molecule has 0 amide bonds. The van der Waals surface area contributed by atoms with E-state index in [0.29, 0.717) is 18.4 Å². The van der Waals surface area contributed by atoms with Gasteiger partial charge in [0.05, 0.1) is 12.6 Å². The zero-order valence-corrected chi connectivity index (χ0v) is 14.7. The van der Waals surface area contributed by atoms with Gasteiger partial charge in [0.15, 0.2) is 5.82 Å². The van der Waals surface area contributed by atoms with Crippen molar-refractivity contribution in [2.75, 3.05) is 13.2 Å². The molecule has 1 N–H and O–H groups in total. The number of hydrogen-bond donors (Lipinski definition) is 1. The Bertz CT molecular complexity index is 629. The first-order chi connectivity index (χ1) is 11.7. The molecule has 1 fully saturated rings. The zero-order chi connectivity index (χ0) is 16.9. The van der Waals surface area contributed by atoms with Gasteiger partial charge in [0, 0.05) is 25.6 Å². The minimum atomic E-state index is 0.0316. The third-order valence-corrected chi connectivity index (χ3v) is 4.54. The molecule has 0 unspecified atom stereocenters. The predicted molar refractivity (Wildman–Crippen MR) is 89.6 cm³/mol. The highest BCUT2D eigenvalue weighted by Gasteiger charge is 2.30. The van der Waals surface area contributed by atoms with E-state index in [-0.39, 0.29) is 12.0 Å². The molecular formula is C18H27N3O3. The predicted octanol–water partition coefficient (Wildman–Crippen LogP) is 3.61. The van der Waals surface area contributed by atoms with E-state index in [0.717, 1.165) is 49.8 Å². The van der Waals surface area contributed by atoms with E-state index in [1.807, 2.05) is 12.1 Å². The molecule has 6 nitrogen and oxygen atoms in total. The summed E-state index contributed by atoms with van der Waals surface area (Å²) in [7, 11) is 0. The second kappa shape index (κ2) is 7.94. The van der Waals surface area contributed by atoms with Gasteiger partial charge in [-0.2, -0.15) is 4.98 Å². The van der Waals surface area contributed by atoms with Gasteiger partial charge in [0.2, 0.25) is 5.89 Å². The van der Waals surface area contributed by atoms with Crippen LogP contribution < -0.4 is 5.32 Å². The van der Waals surface area contributed by atoms with Crippen molar-refractivity contribution in [2.45, 2.75) is 58.5 Å². The molecule has 132 valence electrons. The molecule has 0 saturated carbocycles. The maximum Gasteiger partial charge on any atom is 0.244 e. The normalized spacial score (nSPS) is 17.5. The van der Waals surface area contributed by atoms with Gasteiger partial charge in [-0.3, -0.25) is 5.32 Å². The van der Waals surface area contributed by atoms with Crippen molar-refractivity contribution in [3.8, 4) is 0 Å². The Morgan fingerprint density at radius 2 is 1.96 bits per heavy atom. The molecule has 6 heteroatoms. The molecule has 0 spiro atoms. The van der Waals surface area contributed by atoms with E-state index < -0.39 is 0 Å². The number of nitrogens with one attached hydrogen (secondary N) is 1. The van der Waals surface area contributed by atoms with Crippen LogP contribution in [0.2, 0.25) is 0 Å². The average molecular weight is 333 g/mol. The van der Waals surface area contributed by atoms with E-state index in [2.05, 4.69) is 36.2 Å². The molecule has 0 aromatic carbocycles. The minimum absolute atomic E-state index is 0.0316. The fourth-order valence-electron chi connectivity index (χ4n) is 3.03. The van der Waals surface area contributed by atoms with Crippen LogP contribution >= 0.6 is 0 Å². The lowest BCUT2D eigenvalue weighted by atomic mass is 9.91. The lowest BCUT2D eigenvalue weighted by Gasteiger charge is -2.28. The van der Waals surface area contributed by atoms with Gasteiger partial charge in [-0.1, -0.05) is 25.9 Å². The van der Waals surface area contributed by atoms with Crippen LogP contribution in [0.1, 0.15) is 68.8 Å². The number of ether oxygens (including phenoxy) is 1. The van der Waals surface area contributed by atoms with Crippen molar-refractivity contribution in [1.29, 1.82) is 0 Å². The monoisotopic (exact) mass is 333 g/mol. The Hall–Kier alpha value is -1.66. The lowest BCUT2D eigenvalue weighted by Crippen LogP contribution is -2.32. The molecule has 2 aromatic rings. The first-order valence-corrected chi connectivity index (χ1v) is 8.89. The fraction of sp³-hybridized carbons (Fsp3) is 0.667. The topological polar surface area (TPSA) is 73.3 Å². The van der Waals surface area contributed by atoms with Gasteiger partial charge in [0.1, 0.15) is 11.5 Å². The van der Waals surface area contributed by atoms with Gasteiger partial charge in [0.25, 0.3) is 0 Å². The van der Waals surface area contributed by atoms with Crippen molar-refractivity contribution in [3.05, 3.63) is 35.4 Å². The van der Waals surface area contributed by atoms with Crippen LogP contribution in [0.3, 0.4) is 0 Å². The van der Waals surface area contributed by atoms with E-state index in [1.165, 1.54) is 0 Å². The third-order valence-electron chi connectivity index (χ3n) is 4.54. The van der Waals surface area contributed by atoms with Crippen LogP contribution in [-0.2, 0) is 17.7 Å². The maximum absolute atomic E-state index is 5.80. The second-order valence-electron chi connectivity index (χ2n) is 6.68. The Morgan fingerprint density at radius 1 is 1.21 bits per heavy atom. The summed E-state index contributed by atoms with van der Waals surface area (Å²) in [4.78, 5) is 4.61. The molecule has 0 aliphatic carbocycles.